The van der Waals surface area contributed by atoms with E-state index in [2.05, 4.69) is 17.3 Å². The lowest BCUT2D eigenvalue weighted by molar-refractivity contribution is -0.118. The fraction of sp³-hybridized carbons (Fsp3) is 0.517. The lowest BCUT2D eigenvalue weighted by Gasteiger charge is -2.43. The Morgan fingerprint density at radius 2 is 1.85 bits per heavy atom. The zero-order valence-electron chi connectivity index (χ0n) is 23.3. The first kappa shape index (κ1) is 29.0. The molecule has 2 aromatic rings. The van der Waals surface area contributed by atoms with E-state index in [4.69, 9.17) is 4.74 Å². The van der Waals surface area contributed by atoms with Crippen LogP contribution in [0.2, 0.25) is 0 Å². The number of nitriles is 1. The zero-order chi connectivity index (χ0) is 28.2. The number of amides is 1. The lowest BCUT2D eigenvalue weighted by Crippen LogP contribution is -2.59. The van der Waals surface area contributed by atoms with Crippen LogP contribution in [-0.4, -0.2) is 86.9 Å². The van der Waals surface area contributed by atoms with Crippen molar-refractivity contribution in [1.29, 1.82) is 5.26 Å². The third-order valence-corrected chi connectivity index (χ3v) is 9.64. The van der Waals surface area contributed by atoms with Gasteiger partial charge < -0.3 is 15.0 Å². The van der Waals surface area contributed by atoms with Crippen molar-refractivity contribution in [3.8, 4) is 11.8 Å². The van der Waals surface area contributed by atoms with Crippen molar-refractivity contribution in [2.24, 2.45) is 5.92 Å². The van der Waals surface area contributed by atoms with E-state index in [1.165, 1.54) is 22.9 Å². The Morgan fingerprint density at radius 1 is 1.13 bits per heavy atom. The van der Waals surface area contributed by atoms with Crippen LogP contribution in [-0.2, 0) is 14.8 Å². The number of nitrogens with one attached hydrogen (secondary N) is 1. The van der Waals surface area contributed by atoms with Gasteiger partial charge in [0.2, 0.25) is 15.9 Å². The van der Waals surface area contributed by atoms with Crippen molar-refractivity contribution in [3.63, 3.8) is 0 Å². The van der Waals surface area contributed by atoms with Crippen LogP contribution in [0.4, 0.5) is 5.69 Å². The van der Waals surface area contributed by atoms with Gasteiger partial charge in [-0.2, -0.15) is 9.57 Å². The summed E-state index contributed by atoms with van der Waals surface area (Å²) in [7, 11) is -1.66. The summed E-state index contributed by atoms with van der Waals surface area (Å²) >= 11 is 0. The molecule has 1 amide bonds. The van der Waals surface area contributed by atoms with E-state index in [0.29, 0.717) is 42.6 Å². The summed E-state index contributed by atoms with van der Waals surface area (Å²) < 4.78 is 34.5. The van der Waals surface area contributed by atoms with Crippen LogP contribution >= 0.6 is 0 Å². The van der Waals surface area contributed by atoms with Crippen LogP contribution < -0.4 is 10.1 Å². The Hall–Kier alpha value is -2.97. The minimum Gasteiger partial charge on any atom is -0.491 e. The van der Waals surface area contributed by atoms with Gasteiger partial charge in [0.25, 0.3) is 0 Å². The molecule has 2 aliphatic heterocycles. The smallest absolute Gasteiger partial charge is 0.243 e. The van der Waals surface area contributed by atoms with Gasteiger partial charge in [-0.3, -0.25) is 9.69 Å². The van der Waals surface area contributed by atoms with Crippen LogP contribution in [0.1, 0.15) is 37.8 Å². The summed E-state index contributed by atoms with van der Waals surface area (Å²) in [5.41, 5.74) is 1.92. The maximum atomic E-state index is 13.4. The molecule has 1 N–H and O–H groups in total. The van der Waals surface area contributed by atoms with E-state index < -0.39 is 10.0 Å². The van der Waals surface area contributed by atoms with Crippen LogP contribution in [0, 0.1) is 24.2 Å². The monoisotopic (exact) mass is 553 g/mol. The molecule has 4 rings (SSSR count). The van der Waals surface area contributed by atoms with Gasteiger partial charge in [-0.05, 0) is 77.0 Å². The van der Waals surface area contributed by atoms with Gasteiger partial charge in [0.05, 0.1) is 35.4 Å². The molecule has 9 nitrogen and oxygen atoms in total. The molecule has 39 heavy (non-hydrogen) atoms. The molecule has 0 saturated carbocycles. The molecule has 2 fully saturated rings. The van der Waals surface area contributed by atoms with Crippen molar-refractivity contribution >= 4 is 21.6 Å². The molecule has 210 valence electrons. The molecule has 2 heterocycles. The normalized spacial score (nSPS) is 23.2. The number of piperidine rings is 1. The Labute approximate surface area is 232 Å². The van der Waals surface area contributed by atoms with Gasteiger partial charge >= 0.3 is 0 Å². The third kappa shape index (κ3) is 6.97. The Kier molecular flexibility index (Phi) is 9.28. The van der Waals surface area contributed by atoms with Crippen molar-refractivity contribution < 1.29 is 17.9 Å². The number of carbonyl (C=O) groups is 1. The van der Waals surface area contributed by atoms with Gasteiger partial charge in [-0.1, -0.05) is 18.2 Å². The number of sulfonamides is 1. The first-order chi connectivity index (χ1) is 18.6. The quantitative estimate of drug-likeness (QED) is 0.535. The summed E-state index contributed by atoms with van der Waals surface area (Å²) in [5, 5.41) is 12.2. The predicted molar refractivity (Wildman–Crippen MR) is 151 cm³/mol. The van der Waals surface area contributed by atoms with Crippen LogP contribution in [0.3, 0.4) is 0 Å². The molecule has 0 aliphatic carbocycles. The number of likely N-dealkylation sites (tertiary alicyclic amines) is 1. The summed E-state index contributed by atoms with van der Waals surface area (Å²) in [6.07, 6.45) is 2.30. The molecule has 10 heteroatoms. The zero-order valence-corrected chi connectivity index (χ0v) is 24.1. The highest BCUT2D eigenvalue weighted by Crippen LogP contribution is 2.30. The number of nitrogens with zero attached hydrogens (tertiary/aromatic N) is 4. The first-order valence-corrected chi connectivity index (χ1v) is 15.0. The molecule has 2 aromatic carbocycles. The SMILES string of the molecule is Cc1cccc(OCC2CCCN(C)C2)c1NC(=O)CN1CC(C)N(S(=O)(=O)c2cccc(C#N)c2)[C@@H](C)C1. The summed E-state index contributed by atoms with van der Waals surface area (Å²) in [4.78, 5) is 17.6. The number of para-hydroxylation sites is 1. The average molecular weight is 554 g/mol. The number of piperazine rings is 1. The fourth-order valence-corrected chi connectivity index (χ4v) is 7.64. The van der Waals surface area contributed by atoms with Crippen LogP contribution in [0.15, 0.2) is 47.4 Å². The first-order valence-electron chi connectivity index (χ1n) is 13.6. The Morgan fingerprint density at radius 3 is 2.54 bits per heavy atom. The van der Waals surface area contributed by atoms with Crippen molar-refractivity contribution in [2.45, 2.75) is 50.6 Å². The molecule has 2 saturated heterocycles. The largest absolute Gasteiger partial charge is 0.491 e. The van der Waals surface area contributed by atoms with Crippen LogP contribution in [0.5, 0.6) is 5.75 Å². The maximum absolute atomic E-state index is 13.4. The number of carbonyl (C=O) groups excluding carboxylic acids is 1. The van der Waals surface area contributed by atoms with Gasteiger partial charge in [0, 0.05) is 37.6 Å². The maximum Gasteiger partial charge on any atom is 0.243 e. The van der Waals surface area contributed by atoms with E-state index in [9.17, 15) is 18.5 Å². The lowest BCUT2D eigenvalue weighted by atomic mass is 9.99. The van der Waals surface area contributed by atoms with Gasteiger partial charge in [-0.15, -0.1) is 0 Å². The summed E-state index contributed by atoms with van der Waals surface area (Å²) in [5.74, 6) is 0.976. The number of hydrogen-bond acceptors (Lipinski definition) is 7. The molecule has 2 aliphatic rings. The topological polar surface area (TPSA) is 106 Å². The standard InChI is InChI=1S/C29H39N5O4S/c1-21-8-5-12-27(38-20-25-10-7-13-32(4)18-25)29(21)31-28(35)19-33-16-22(2)34(23(3)17-33)39(36,37)26-11-6-9-24(14-26)15-30/h5-6,8-9,11-12,14,22-23,25H,7,10,13,16-20H2,1-4H3,(H,31,35)/t22-,23?,25?/m0/s1. The van der Waals surface area contributed by atoms with E-state index in [1.54, 1.807) is 12.1 Å². The van der Waals surface area contributed by atoms with Crippen LogP contribution in [0.25, 0.3) is 0 Å². The second kappa shape index (κ2) is 12.5. The Bertz CT molecular complexity index is 1310. The van der Waals surface area contributed by atoms with Gasteiger partial charge in [0.15, 0.2) is 0 Å². The molecular formula is C29H39N5O4S. The molecule has 2 unspecified atom stereocenters. The summed E-state index contributed by atoms with van der Waals surface area (Å²) in [6, 6.07) is 13.2. The number of hydrogen-bond donors (Lipinski definition) is 1. The number of aryl methyl sites for hydroxylation is 1. The molecule has 0 aromatic heterocycles. The minimum absolute atomic E-state index is 0.110. The molecule has 3 atom stereocenters. The highest BCUT2D eigenvalue weighted by Gasteiger charge is 2.39. The molecule has 0 bridgehead atoms. The third-order valence-electron chi connectivity index (χ3n) is 7.52. The van der Waals surface area contributed by atoms with E-state index in [0.717, 1.165) is 25.1 Å². The molecule has 0 radical (unpaired) electrons. The minimum atomic E-state index is -3.79. The fourth-order valence-electron chi connectivity index (χ4n) is 5.79. The average Bonchev–Trinajstić information content (AvgIpc) is 2.88. The molecular weight excluding hydrogens is 514 g/mol. The van der Waals surface area contributed by atoms with Crippen molar-refractivity contribution in [2.75, 3.05) is 51.7 Å². The highest BCUT2D eigenvalue weighted by atomic mass is 32.2. The Balaban J connectivity index is 1.38. The number of anilines is 1. The van der Waals surface area contributed by atoms with Crippen molar-refractivity contribution in [1.82, 2.24) is 14.1 Å². The second-order valence-electron chi connectivity index (χ2n) is 10.9. The van der Waals surface area contributed by atoms with Gasteiger partial charge in [-0.25, -0.2) is 8.42 Å². The highest BCUT2D eigenvalue weighted by molar-refractivity contribution is 7.89. The predicted octanol–water partition coefficient (Wildman–Crippen LogP) is 3.31. The second-order valence-corrected chi connectivity index (χ2v) is 12.8. The van der Waals surface area contributed by atoms with E-state index in [-0.39, 0.29) is 29.4 Å². The van der Waals surface area contributed by atoms with Gasteiger partial charge in [0.1, 0.15) is 5.75 Å². The number of benzene rings is 2. The van der Waals surface area contributed by atoms with E-state index in [1.807, 2.05) is 49.9 Å². The van der Waals surface area contributed by atoms with Crippen molar-refractivity contribution in [3.05, 3.63) is 53.6 Å². The number of rotatable bonds is 8. The number of ether oxygens (including phenoxy) is 1. The molecule has 0 spiro atoms. The summed E-state index contributed by atoms with van der Waals surface area (Å²) in [6.45, 7) is 9.37. The van der Waals surface area contributed by atoms with E-state index >= 15 is 0 Å².